The van der Waals surface area contributed by atoms with Crippen LogP contribution < -0.4 is 10.0 Å². The van der Waals surface area contributed by atoms with Crippen LogP contribution in [0.25, 0.3) is 11.1 Å². The Morgan fingerprint density at radius 3 is 3.09 bits per heavy atom. The van der Waals surface area contributed by atoms with Crippen LogP contribution in [0.3, 0.4) is 0 Å². The number of pyridine rings is 1. The van der Waals surface area contributed by atoms with E-state index in [1.54, 1.807) is 6.07 Å². The summed E-state index contributed by atoms with van der Waals surface area (Å²) >= 11 is 0. The molecule has 7 nitrogen and oxygen atoms in total. The highest BCUT2D eigenvalue weighted by Gasteiger charge is 2.20. The van der Waals surface area contributed by atoms with Gasteiger partial charge in [0.1, 0.15) is 4.90 Å². The van der Waals surface area contributed by atoms with Crippen LogP contribution in [0.15, 0.2) is 21.7 Å². The Balaban J connectivity index is 1.78. The zero-order valence-corrected chi connectivity index (χ0v) is 13.3. The number of hydrogen-bond donors (Lipinski definition) is 2. The number of nitrogens with zero attached hydrogens (tertiary/aromatic N) is 2. The molecule has 3 rings (SSSR count). The van der Waals surface area contributed by atoms with Gasteiger partial charge in [-0.25, -0.2) is 18.1 Å². The van der Waals surface area contributed by atoms with Crippen molar-refractivity contribution in [2.45, 2.75) is 31.1 Å². The van der Waals surface area contributed by atoms with Gasteiger partial charge >= 0.3 is 0 Å². The van der Waals surface area contributed by atoms with E-state index in [2.05, 4.69) is 20.2 Å². The van der Waals surface area contributed by atoms with Gasteiger partial charge in [-0.15, -0.1) is 0 Å². The zero-order chi connectivity index (χ0) is 15.6. The molecule has 0 spiro atoms. The Hall–Kier alpha value is -1.51. The van der Waals surface area contributed by atoms with Crippen molar-refractivity contribution in [1.82, 2.24) is 20.2 Å². The van der Waals surface area contributed by atoms with Gasteiger partial charge in [0.05, 0.1) is 17.3 Å². The molecule has 1 atom stereocenters. The second-order valence-electron chi connectivity index (χ2n) is 5.57. The van der Waals surface area contributed by atoms with Gasteiger partial charge in [-0.1, -0.05) is 12.1 Å². The molecule has 0 radical (unpaired) electrons. The van der Waals surface area contributed by atoms with Crippen LogP contribution in [0.4, 0.5) is 0 Å². The van der Waals surface area contributed by atoms with Crippen LogP contribution >= 0.6 is 0 Å². The number of hydrogen-bond acceptors (Lipinski definition) is 6. The summed E-state index contributed by atoms with van der Waals surface area (Å²) in [7, 11) is -3.56. The maximum atomic E-state index is 12.4. The molecule has 2 N–H and O–H groups in total. The summed E-state index contributed by atoms with van der Waals surface area (Å²) < 4.78 is 32.6. The second-order valence-corrected chi connectivity index (χ2v) is 7.34. The molecule has 1 saturated heterocycles. The van der Waals surface area contributed by atoms with E-state index in [9.17, 15) is 8.42 Å². The SMILES string of the molecule is CCc1noc2ncc(S(=O)(=O)NC[C@H]3CCCNC3)cc12. The van der Waals surface area contributed by atoms with E-state index in [-0.39, 0.29) is 4.90 Å². The average Bonchev–Trinajstić information content (AvgIpc) is 2.96. The third-order valence-corrected chi connectivity index (χ3v) is 5.38. The van der Waals surface area contributed by atoms with Crippen molar-refractivity contribution in [2.24, 2.45) is 5.92 Å². The quantitative estimate of drug-likeness (QED) is 0.854. The second kappa shape index (κ2) is 6.31. The smallest absolute Gasteiger partial charge is 0.258 e. The van der Waals surface area contributed by atoms with Gasteiger partial charge in [0.2, 0.25) is 10.0 Å². The fraction of sp³-hybridized carbons (Fsp3) is 0.571. The minimum atomic E-state index is -3.56. The van der Waals surface area contributed by atoms with Gasteiger partial charge in [0, 0.05) is 6.54 Å². The molecule has 1 fully saturated rings. The largest absolute Gasteiger partial charge is 0.336 e. The van der Waals surface area contributed by atoms with Crippen LogP contribution in [-0.2, 0) is 16.4 Å². The number of aromatic nitrogens is 2. The van der Waals surface area contributed by atoms with Crippen molar-refractivity contribution in [3.63, 3.8) is 0 Å². The Kier molecular flexibility index (Phi) is 4.42. The minimum Gasteiger partial charge on any atom is -0.336 e. The standard InChI is InChI=1S/C14H20N4O3S/c1-2-13-12-6-11(9-16-14(12)21-18-13)22(19,20)17-8-10-4-3-5-15-7-10/h6,9-10,15,17H,2-5,7-8H2,1H3/t10-/m0/s1. The predicted molar refractivity (Wildman–Crippen MR) is 82.0 cm³/mol. The van der Waals surface area contributed by atoms with E-state index >= 15 is 0 Å². The van der Waals surface area contributed by atoms with Gasteiger partial charge in [0.25, 0.3) is 5.71 Å². The monoisotopic (exact) mass is 324 g/mol. The van der Waals surface area contributed by atoms with E-state index in [0.717, 1.165) is 31.6 Å². The van der Waals surface area contributed by atoms with E-state index in [4.69, 9.17) is 4.52 Å². The average molecular weight is 324 g/mol. The van der Waals surface area contributed by atoms with E-state index < -0.39 is 10.0 Å². The molecular weight excluding hydrogens is 304 g/mol. The first-order valence-electron chi connectivity index (χ1n) is 7.55. The van der Waals surface area contributed by atoms with Crippen molar-refractivity contribution in [2.75, 3.05) is 19.6 Å². The van der Waals surface area contributed by atoms with E-state index in [0.29, 0.717) is 30.0 Å². The topological polar surface area (TPSA) is 97.1 Å². The molecule has 2 aromatic rings. The van der Waals surface area contributed by atoms with Gasteiger partial charge in [0.15, 0.2) is 0 Å². The summed E-state index contributed by atoms with van der Waals surface area (Å²) in [5.74, 6) is 0.335. The molecule has 1 aliphatic heterocycles. The highest BCUT2D eigenvalue weighted by atomic mass is 32.2. The van der Waals surface area contributed by atoms with Crippen LogP contribution in [0.1, 0.15) is 25.5 Å². The number of piperidine rings is 1. The Morgan fingerprint density at radius 2 is 2.36 bits per heavy atom. The molecule has 0 unspecified atom stereocenters. The Morgan fingerprint density at radius 1 is 1.50 bits per heavy atom. The molecule has 8 heteroatoms. The first kappa shape index (κ1) is 15.4. The third kappa shape index (κ3) is 3.13. The molecule has 1 aliphatic rings. The normalized spacial score (nSPS) is 19.6. The number of aryl methyl sites for hydroxylation is 1. The van der Waals surface area contributed by atoms with Crippen molar-refractivity contribution in [3.8, 4) is 0 Å². The van der Waals surface area contributed by atoms with Gasteiger partial charge < -0.3 is 9.84 Å². The molecule has 0 bridgehead atoms. The number of nitrogens with one attached hydrogen (secondary N) is 2. The predicted octanol–water partition coefficient (Wildman–Crippen LogP) is 1.06. The van der Waals surface area contributed by atoms with Crippen LogP contribution in [-0.4, -0.2) is 38.2 Å². The highest BCUT2D eigenvalue weighted by Crippen LogP contribution is 2.20. The molecule has 0 aromatic carbocycles. The number of fused-ring (bicyclic) bond motifs is 1. The van der Waals surface area contributed by atoms with Gasteiger partial charge in [-0.2, -0.15) is 0 Å². The summed E-state index contributed by atoms with van der Waals surface area (Å²) in [6.07, 6.45) is 4.10. The molecule has 0 saturated carbocycles. The summed E-state index contributed by atoms with van der Waals surface area (Å²) in [5, 5.41) is 7.83. The molecule has 120 valence electrons. The van der Waals surface area contributed by atoms with Gasteiger partial charge in [-0.3, -0.25) is 0 Å². The molecule has 0 aliphatic carbocycles. The van der Waals surface area contributed by atoms with Crippen LogP contribution in [0.2, 0.25) is 0 Å². The first-order chi connectivity index (χ1) is 10.6. The van der Waals surface area contributed by atoms with E-state index in [1.807, 2.05) is 6.92 Å². The van der Waals surface area contributed by atoms with Crippen molar-refractivity contribution >= 4 is 21.1 Å². The Labute approximate surface area is 129 Å². The van der Waals surface area contributed by atoms with Crippen molar-refractivity contribution in [1.29, 1.82) is 0 Å². The maximum absolute atomic E-state index is 12.4. The fourth-order valence-electron chi connectivity index (χ4n) is 2.67. The third-order valence-electron chi connectivity index (χ3n) is 3.99. The van der Waals surface area contributed by atoms with Crippen LogP contribution in [0.5, 0.6) is 0 Å². The maximum Gasteiger partial charge on any atom is 0.258 e. The van der Waals surface area contributed by atoms with Crippen molar-refractivity contribution < 1.29 is 12.9 Å². The number of sulfonamides is 1. The van der Waals surface area contributed by atoms with Crippen LogP contribution in [0, 0.1) is 5.92 Å². The van der Waals surface area contributed by atoms with Crippen molar-refractivity contribution in [3.05, 3.63) is 18.0 Å². The molecule has 22 heavy (non-hydrogen) atoms. The summed E-state index contributed by atoms with van der Waals surface area (Å²) in [5.41, 5.74) is 1.09. The molecule has 2 aromatic heterocycles. The highest BCUT2D eigenvalue weighted by molar-refractivity contribution is 7.89. The molecule has 3 heterocycles. The fourth-order valence-corrected chi connectivity index (χ4v) is 3.76. The lowest BCUT2D eigenvalue weighted by atomic mass is 10.0. The first-order valence-corrected chi connectivity index (χ1v) is 9.03. The summed E-state index contributed by atoms with van der Waals surface area (Å²) in [4.78, 5) is 4.20. The Bertz CT molecular complexity index is 751. The lowest BCUT2D eigenvalue weighted by Crippen LogP contribution is -2.38. The minimum absolute atomic E-state index is 0.154. The lowest BCUT2D eigenvalue weighted by molar-refractivity contribution is 0.376. The van der Waals surface area contributed by atoms with Gasteiger partial charge in [-0.05, 0) is 44.3 Å². The number of rotatable bonds is 5. The van der Waals surface area contributed by atoms with E-state index in [1.165, 1.54) is 6.20 Å². The summed E-state index contributed by atoms with van der Waals surface area (Å²) in [6, 6.07) is 1.58. The lowest BCUT2D eigenvalue weighted by Gasteiger charge is -2.22. The molecular formula is C14H20N4O3S. The molecule has 0 amide bonds. The zero-order valence-electron chi connectivity index (χ0n) is 12.5. The summed E-state index contributed by atoms with van der Waals surface area (Å²) in [6.45, 7) is 4.24.